The molecule has 0 N–H and O–H groups in total. The molecule has 4 unspecified atom stereocenters. The van der Waals surface area contributed by atoms with Crippen molar-refractivity contribution in [3.8, 4) is 5.75 Å². The lowest BCUT2D eigenvalue weighted by Gasteiger charge is -2.22. The van der Waals surface area contributed by atoms with Crippen LogP contribution in [0.1, 0.15) is 30.9 Å². The van der Waals surface area contributed by atoms with Gasteiger partial charge in [-0.05, 0) is 62.1 Å². The normalized spacial score (nSPS) is 25.9. The Bertz CT molecular complexity index is 1250. The molecule has 35 heavy (non-hydrogen) atoms. The standard InChI is InChI=1S/C28H28N2O5/c1-16-7-9-20(10-8-16)29-15-19(14-24(29)31)28(34)35-21-11-12-23(18(3)13-21)30-26(32)22-6-4-5-17(2)25(22)27(30)33/h4-5,7-13,17,19,22,25H,6,14-15H2,1-3H3. The van der Waals surface area contributed by atoms with Crippen molar-refractivity contribution in [3.63, 3.8) is 0 Å². The Morgan fingerprint density at radius 3 is 2.43 bits per heavy atom. The van der Waals surface area contributed by atoms with Gasteiger partial charge >= 0.3 is 5.97 Å². The number of fused-ring (bicyclic) bond motifs is 1. The molecule has 180 valence electrons. The molecule has 2 heterocycles. The highest BCUT2D eigenvalue weighted by atomic mass is 16.5. The van der Waals surface area contributed by atoms with Crippen LogP contribution in [0.5, 0.6) is 5.75 Å². The Labute approximate surface area is 204 Å². The molecule has 4 atom stereocenters. The van der Waals surface area contributed by atoms with Gasteiger partial charge < -0.3 is 9.64 Å². The van der Waals surface area contributed by atoms with Gasteiger partial charge in [0, 0.05) is 18.7 Å². The second-order valence-corrected chi connectivity index (χ2v) is 9.78. The van der Waals surface area contributed by atoms with Gasteiger partial charge in [0.2, 0.25) is 17.7 Å². The fourth-order valence-corrected chi connectivity index (χ4v) is 5.37. The van der Waals surface area contributed by atoms with E-state index in [0.717, 1.165) is 11.3 Å². The number of rotatable bonds is 4. The van der Waals surface area contributed by atoms with Crippen molar-refractivity contribution in [2.75, 3.05) is 16.3 Å². The highest BCUT2D eigenvalue weighted by Crippen LogP contribution is 2.41. The summed E-state index contributed by atoms with van der Waals surface area (Å²) in [4.78, 5) is 54.4. The molecule has 0 spiro atoms. The molecule has 0 saturated carbocycles. The van der Waals surface area contributed by atoms with Gasteiger partial charge in [-0.3, -0.25) is 19.2 Å². The summed E-state index contributed by atoms with van der Waals surface area (Å²) in [5, 5.41) is 0. The van der Waals surface area contributed by atoms with E-state index in [-0.39, 0.29) is 48.4 Å². The van der Waals surface area contributed by atoms with Gasteiger partial charge in [-0.15, -0.1) is 0 Å². The number of imide groups is 1. The third-order valence-electron chi connectivity index (χ3n) is 7.30. The summed E-state index contributed by atoms with van der Waals surface area (Å²) in [6, 6.07) is 12.5. The molecule has 0 aromatic heterocycles. The van der Waals surface area contributed by atoms with Crippen molar-refractivity contribution in [3.05, 3.63) is 65.7 Å². The summed E-state index contributed by atoms with van der Waals surface area (Å²) >= 11 is 0. The Hall–Kier alpha value is -3.74. The van der Waals surface area contributed by atoms with E-state index in [1.807, 2.05) is 50.3 Å². The maximum atomic E-state index is 13.1. The molecule has 3 aliphatic rings. The fraction of sp³-hybridized carbons (Fsp3) is 0.357. The van der Waals surface area contributed by atoms with E-state index in [2.05, 4.69) is 0 Å². The molecule has 2 aromatic rings. The number of carbonyl (C=O) groups excluding carboxylic acids is 4. The number of ether oxygens (including phenoxy) is 1. The van der Waals surface area contributed by atoms with E-state index in [0.29, 0.717) is 23.4 Å². The lowest BCUT2D eigenvalue weighted by atomic mass is 9.78. The van der Waals surface area contributed by atoms with Crippen molar-refractivity contribution >= 4 is 35.1 Å². The predicted octanol–water partition coefficient (Wildman–Crippen LogP) is 3.96. The van der Waals surface area contributed by atoms with Crippen LogP contribution in [0.15, 0.2) is 54.6 Å². The number of benzene rings is 2. The smallest absolute Gasteiger partial charge is 0.316 e. The molecule has 0 bridgehead atoms. The lowest BCUT2D eigenvalue weighted by molar-refractivity contribution is -0.139. The number of nitrogens with zero attached hydrogens (tertiary/aromatic N) is 2. The Morgan fingerprint density at radius 2 is 1.74 bits per heavy atom. The Kier molecular flexibility index (Phi) is 5.79. The monoisotopic (exact) mass is 472 g/mol. The summed E-state index contributed by atoms with van der Waals surface area (Å²) in [5.41, 5.74) is 3.04. The minimum atomic E-state index is -0.567. The van der Waals surface area contributed by atoms with Crippen LogP contribution in [0, 0.1) is 37.5 Å². The maximum Gasteiger partial charge on any atom is 0.316 e. The predicted molar refractivity (Wildman–Crippen MR) is 131 cm³/mol. The molecular formula is C28H28N2O5. The molecule has 1 aliphatic carbocycles. The first-order chi connectivity index (χ1) is 16.7. The first-order valence-corrected chi connectivity index (χ1v) is 12.0. The molecule has 7 heteroatoms. The number of hydrogen-bond donors (Lipinski definition) is 0. The van der Waals surface area contributed by atoms with E-state index in [1.165, 1.54) is 4.90 Å². The zero-order valence-electron chi connectivity index (χ0n) is 20.1. The van der Waals surface area contributed by atoms with Crippen LogP contribution in [0.2, 0.25) is 0 Å². The molecule has 2 aliphatic heterocycles. The van der Waals surface area contributed by atoms with Crippen molar-refractivity contribution in [1.82, 2.24) is 0 Å². The lowest BCUT2D eigenvalue weighted by Crippen LogP contribution is -2.32. The molecule has 5 rings (SSSR count). The van der Waals surface area contributed by atoms with Crippen LogP contribution in [0.25, 0.3) is 0 Å². The van der Waals surface area contributed by atoms with Gasteiger partial charge in [-0.1, -0.05) is 36.8 Å². The van der Waals surface area contributed by atoms with Crippen molar-refractivity contribution in [2.24, 2.45) is 23.7 Å². The van der Waals surface area contributed by atoms with E-state index < -0.39 is 11.9 Å². The molecule has 3 amide bonds. The first kappa shape index (κ1) is 23.0. The second kappa shape index (κ2) is 8.80. The average Bonchev–Trinajstić information content (AvgIpc) is 3.33. The highest BCUT2D eigenvalue weighted by molar-refractivity contribution is 6.22. The van der Waals surface area contributed by atoms with Crippen LogP contribution >= 0.6 is 0 Å². The summed E-state index contributed by atoms with van der Waals surface area (Å²) in [6.07, 6.45) is 4.64. The van der Waals surface area contributed by atoms with Crippen molar-refractivity contribution in [2.45, 2.75) is 33.6 Å². The van der Waals surface area contributed by atoms with Gasteiger partial charge in [0.05, 0.1) is 23.4 Å². The largest absolute Gasteiger partial charge is 0.426 e. The van der Waals surface area contributed by atoms with Gasteiger partial charge in [0.25, 0.3) is 0 Å². The van der Waals surface area contributed by atoms with Crippen LogP contribution in [-0.4, -0.2) is 30.2 Å². The topological polar surface area (TPSA) is 84.0 Å². The Balaban J connectivity index is 1.28. The zero-order chi connectivity index (χ0) is 24.9. The third-order valence-corrected chi connectivity index (χ3v) is 7.30. The van der Waals surface area contributed by atoms with E-state index in [1.54, 1.807) is 30.0 Å². The van der Waals surface area contributed by atoms with E-state index >= 15 is 0 Å². The number of aryl methyl sites for hydroxylation is 2. The van der Waals surface area contributed by atoms with Gasteiger partial charge in [-0.2, -0.15) is 0 Å². The highest BCUT2D eigenvalue weighted by Gasteiger charge is 2.50. The van der Waals surface area contributed by atoms with Gasteiger partial charge in [-0.25, -0.2) is 4.90 Å². The average molecular weight is 473 g/mol. The maximum absolute atomic E-state index is 13.1. The number of carbonyl (C=O) groups is 4. The molecule has 2 aromatic carbocycles. The van der Waals surface area contributed by atoms with Crippen LogP contribution in [0.4, 0.5) is 11.4 Å². The SMILES string of the molecule is Cc1ccc(N2CC(C(=O)Oc3ccc(N4C(=O)C5CC=CC(C)C5C4=O)c(C)c3)CC2=O)cc1. The zero-order valence-corrected chi connectivity index (χ0v) is 20.1. The van der Waals surface area contributed by atoms with Crippen LogP contribution in [-0.2, 0) is 19.2 Å². The van der Waals surface area contributed by atoms with Crippen LogP contribution < -0.4 is 14.5 Å². The molecule has 2 fully saturated rings. The van der Waals surface area contributed by atoms with Gasteiger partial charge in [0.15, 0.2) is 0 Å². The molecule has 0 radical (unpaired) electrons. The molecular weight excluding hydrogens is 444 g/mol. The van der Waals surface area contributed by atoms with E-state index in [4.69, 9.17) is 4.74 Å². The minimum absolute atomic E-state index is 0.0179. The van der Waals surface area contributed by atoms with Crippen molar-refractivity contribution < 1.29 is 23.9 Å². The van der Waals surface area contributed by atoms with Gasteiger partial charge in [0.1, 0.15) is 5.75 Å². The summed E-state index contributed by atoms with van der Waals surface area (Å²) in [6.45, 7) is 5.99. The number of hydrogen-bond acceptors (Lipinski definition) is 5. The number of amides is 3. The number of allylic oxidation sites excluding steroid dienone is 2. The summed E-state index contributed by atoms with van der Waals surface area (Å²) in [5.74, 6) is -1.82. The quantitative estimate of drug-likeness (QED) is 0.291. The van der Waals surface area contributed by atoms with Crippen molar-refractivity contribution in [1.29, 1.82) is 0 Å². The molecule has 7 nitrogen and oxygen atoms in total. The minimum Gasteiger partial charge on any atom is -0.426 e. The molecule has 2 saturated heterocycles. The fourth-order valence-electron chi connectivity index (χ4n) is 5.37. The summed E-state index contributed by atoms with van der Waals surface area (Å²) in [7, 11) is 0. The Morgan fingerprint density at radius 1 is 1.00 bits per heavy atom. The number of esters is 1. The van der Waals surface area contributed by atoms with Crippen LogP contribution in [0.3, 0.4) is 0 Å². The first-order valence-electron chi connectivity index (χ1n) is 12.0. The number of anilines is 2. The third kappa shape index (κ3) is 4.05. The van der Waals surface area contributed by atoms with E-state index in [9.17, 15) is 19.2 Å². The second-order valence-electron chi connectivity index (χ2n) is 9.78. The summed E-state index contributed by atoms with van der Waals surface area (Å²) < 4.78 is 5.60.